The molecule has 27 heavy (non-hydrogen) atoms. The standard InChI is InChI=1S/C20H22ClFN4O/c1-4-10-7-20(10)9-25-18-15(20)16(21)12(8-24-18)11-5-6-13(23)14(17(11)22)19(27)26(2)3/h5-6,8,10H,4,7,9,23H2,1-3H3,(H,24,25)/t10-,20+/m1/s1. The molecule has 1 aliphatic heterocycles. The van der Waals surface area contributed by atoms with Crippen LogP contribution in [0.1, 0.15) is 35.7 Å². The average molecular weight is 389 g/mol. The second kappa shape index (κ2) is 6.09. The number of anilines is 2. The van der Waals surface area contributed by atoms with Crippen LogP contribution >= 0.6 is 11.6 Å². The van der Waals surface area contributed by atoms with Gasteiger partial charge in [-0.05, 0) is 24.5 Å². The number of nitrogens with two attached hydrogens (primary N) is 1. The van der Waals surface area contributed by atoms with Crippen molar-refractivity contribution >= 4 is 29.0 Å². The summed E-state index contributed by atoms with van der Waals surface area (Å²) in [5.74, 6) is 0.187. The van der Waals surface area contributed by atoms with Crippen LogP contribution in [0.15, 0.2) is 18.3 Å². The summed E-state index contributed by atoms with van der Waals surface area (Å²) >= 11 is 6.77. The second-order valence-electron chi connectivity index (χ2n) is 7.62. The van der Waals surface area contributed by atoms with Gasteiger partial charge in [0, 0.05) is 54.6 Å². The number of halogens is 2. The lowest BCUT2D eigenvalue weighted by atomic mass is 9.92. The van der Waals surface area contributed by atoms with Crippen molar-refractivity contribution < 1.29 is 9.18 Å². The van der Waals surface area contributed by atoms with Crippen molar-refractivity contribution in [3.63, 3.8) is 0 Å². The van der Waals surface area contributed by atoms with Crippen molar-refractivity contribution in [1.82, 2.24) is 9.88 Å². The molecule has 1 fully saturated rings. The molecule has 5 nitrogen and oxygen atoms in total. The summed E-state index contributed by atoms with van der Waals surface area (Å²) in [4.78, 5) is 18.2. The van der Waals surface area contributed by atoms with Crippen LogP contribution in [-0.2, 0) is 5.41 Å². The summed E-state index contributed by atoms with van der Waals surface area (Å²) in [5, 5.41) is 3.84. The van der Waals surface area contributed by atoms with Gasteiger partial charge in [-0.1, -0.05) is 24.9 Å². The third-order valence-electron chi connectivity index (χ3n) is 5.89. The van der Waals surface area contributed by atoms with Gasteiger partial charge in [-0.2, -0.15) is 0 Å². The van der Waals surface area contributed by atoms with Crippen LogP contribution in [-0.4, -0.2) is 36.4 Å². The fraction of sp³-hybridized carbons (Fsp3) is 0.400. The molecule has 142 valence electrons. The predicted octanol–water partition coefficient (Wildman–Crippen LogP) is 3.92. The first-order valence-electron chi connectivity index (χ1n) is 9.04. The molecule has 2 heterocycles. The minimum Gasteiger partial charge on any atom is -0.398 e. The Bertz CT molecular complexity index is 961. The maximum atomic E-state index is 15.3. The number of carbonyl (C=O) groups is 1. The van der Waals surface area contributed by atoms with Gasteiger partial charge in [0.1, 0.15) is 11.6 Å². The van der Waals surface area contributed by atoms with Gasteiger partial charge in [0.25, 0.3) is 5.91 Å². The third-order valence-corrected chi connectivity index (χ3v) is 6.29. The Morgan fingerprint density at radius 1 is 1.44 bits per heavy atom. The summed E-state index contributed by atoms with van der Waals surface area (Å²) in [6, 6.07) is 3.10. The van der Waals surface area contributed by atoms with E-state index >= 15 is 4.39 Å². The van der Waals surface area contributed by atoms with E-state index < -0.39 is 11.7 Å². The molecular weight excluding hydrogens is 367 g/mol. The molecule has 3 N–H and O–H groups in total. The van der Waals surface area contributed by atoms with E-state index in [-0.39, 0.29) is 22.2 Å². The maximum absolute atomic E-state index is 15.3. The molecule has 0 bridgehead atoms. The normalized spacial score (nSPS) is 22.5. The Morgan fingerprint density at radius 2 is 2.19 bits per heavy atom. The smallest absolute Gasteiger partial charge is 0.258 e. The SMILES string of the molecule is CC[C@@H]1C[C@]12CNc1ncc(-c3ccc(N)c(C(=O)N(C)C)c3F)c(Cl)c12. The van der Waals surface area contributed by atoms with Gasteiger partial charge in [-0.15, -0.1) is 0 Å². The van der Waals surface area contributed by atoms with Crippen LogP contribution < -0.4 is 11.1 Å². The highest BCUT2D eigenvalue weighted by molar-refractivity contribution is 6.34. The fourth-order valence-electron chi connectivity index (χ4n) is 4.27. The molecule has 1 saturated carbocycles. The van der Waals surface area contributed by atoms with Crippen molar-refractivity contribution in [2.45, 2.75) is 25.2 Å². The van der Waals surface area contributed by atoms with Crippen LogP contribution in [0.5, 0.6) is 0 Å². The summed E-state index contributed by atoms with van der Waals surface area (Å²) < 4.78 is 15.3. The zero-order chi connectivity index (χ0) is 19.5. The highest BCUT2D eigenvalue weighted by atomic mass is 35.5. The molecule has 2 atom stereocenters. The van der Waals surface area contributed by atoms with Gasteiger partial charge in [0.15, 0.2) is 0 Å². The molecule has 0 saturated heterocycles. The lowest BCUT2D eigenvalue weighted by Gasteiger charge is -2.17. The van der Waals surface area contributed by atoms with Crippen molar-refractivity contribution in [2.24, 2.45) is 5.92 Å². The Labute approximate surface area is 162 Å². The van der Waals surface area contributed by atoms with E-state index in [0.717, 1.165) is 30.8 Å². The molecule has 1 aromatic carbocycles. The van der Waals surface area contributed by atoms with Crippen molar-refractivity contribution in [2.75, 3.05) is 31.7 Å². The number of rotatable bonds is 3. The van der Waals surface area contributed by atoms with Crippen LogP contribution in [0.2, 0.25) is 5.02 Å². The number of fused-ring (bicyclic) bond motifs is 2. The van der Waals surface area contributed by atoms with Crippen LogP contribution in [0.25, 0.3) is 11.1 Å². The number of nitrogens with zero attached hydrogens (tertiary/aromatic N) is 2. The number of nitrogens with one attached hydrogen (secondary N) is 1. The minimum atomic E-state index is -0.666. The molecule has 1 aromatic heterocycles. The van der Waals surface area contributed by atoms with Crippen LogP contribution in [0.4, 0.5) is 15.9 Å². The van der Waals surface area contributed by atoms with Gasteiger partial charge in [-0.25, -0.2) is 9.37 Å². The zero-order valence-electron chi connectivity index (χ0n) is 15.6. The van der Waals surface area contributed by atoms with E-state index in [1.165, 1.54) is 4.90 Å². The number of hydrogen-bond donors (Lipinski definition) is 2. The molecule has 4 rings (SSSR count). The maximum Gasteiger partial charge on any atom is 0.258 e. The van der Waals surface area contributed by atoms with Crippen molar-refractivity contribution in [1.29, 1.82) is 0 Å². The Kier molecular flexibility index (Phi) is 4.07. The van der Waals surface area contributed by atoms with Crippen molar-refractivity contribution in [3.8, 4) is 11.1 Å². The summed E-state index contributed by atoms with van der Waals surface area (Å²) in [7, 11) is 3.12. The van der Waals surface area contributed by atoms with Gasteiger partial charge in [0.05, 0.1) is 10.6 Å². The number of pyridine rings is 1. The highest BCUT2D eigenvalue weighted by Gasteiger charge is 2.59. The van der Waals surface area contributed by atoms with Crippen LogP contribution in [0, 0.1) is 11.7 Å². The molecule has 2 aromatic rings. The molecular formula is C20H22ClFN4O. The fourth-order valence-corrected chi connectivity index (χ4v) is 4.70. The molecule has 2 aliphatic rings. The van der Waals surface area contributed by atoms with E-state index in [0.29, 0.717) is 16.5 Å². The number of carbonyl (C=O) groups excluding carboxylic acids is 1. The highest BCUT2D eigenvalue weighted by Crippen LogP contribution is 2.62. The molecule has 1 aliphatic carbocycles. The topological polar surface area (TPSA) is 71.2 Å². The first-order chi connectivity index (χ1) is 12.8. The molecule has 0 radical (unpaired) electrons. The minimum absolute atomic E-state index is 0.00323. The number of hydrogen-bond acceptors (Lipinski definition) is 4. The Hall–Kier alpha value is -2.34. The van der Waals surface area contributed by atoms with E-state index in [2.05, 4.69) is 17.2 Å². The average Bonchev–Trinajstić information content (AvgIpc) is 3.21. The first-order valence-corrected chi connectivity index (χ1v) is 9.42. The lowest BCUT2D eigenvalue weighted by Crippen LogP contribution is -2.24. The number of aromatic nitrogens is 1. The van der Waals surface area contributed by atoms with Gasteiger partial charge in [0.2, 0.25) is 0 Å². The molecule has 1 amide bonds. The van der Waals surface area contributed by atoms with E-state index in [1.807, 2.05) is 0 Å². The van der Waals surface area contributed by atoms with Crippen molar-refractivity contribution in [3.05, 3.63) is 40.3 Å². The van der Waals surface area contributed by atoms with E-state index in [9.17, 15) is 4.79 Å². The number of nitrogen functional groups attached to an aromatic ring is 1. The monoisotopic (exact) mass is 388 g/mol. The number of amides is 1. The Morgan fingerprint density at radius 3 is 2.81 bits per heavy atom. The van der Waals surface area contributed by atoms with E-state index in [1.54, 1.807) is 32.4 Å². The first kappa shape index (κ1) is 18.0. The number of benzene rings is 1. The summed E-state index contributed by atoms with van der Waals surface area (Å²) in [5.41, 5.74) is 7.55. The van der Waals surface area contributed by atoms with Gasteiger partial charge in [-0.3, -0.25) is 4.79 Å². The van der Waals surface area contributed by atoms with Crippen LogP contribution in [0.3, 0.4) is 0 Å². The van der Waals surface area contributed by atoms with E-state index in [4.69, 9.17) is 17.3 Å². The third kappa shape index (κ3) is 2.50. The molecule has 7 heteroatoms. The van der Waals surface area contributed by atoms with Gasteiger partial charge < -0.3 is 16.0 Å². The molecule has 1 spiro atoms. The quantitative estimate of drug-likeness (QED) is 0.782. The van der Waals surface area contributed by atoms with Gasteiger partial charge >= 0.3 is 0 Å². The Balaban J connectivity index is 1.87. The second-order valence-corrected chi connectivity index (χ2v) is 8.00. The summed E-state index contributed by atoms with van der Waals surface area (Å²) in [6.07, 6.45) is 3.69. The largest absolute Gasteiger partial charge is 0.398 e. The predicted molar refractivity (Wildman–Crippen MR) is 106 cm³/mol. The zero-order valence-corrected chi connectivity index (χ0v) is 16.3. The molecule has 0 unspecified atom stereocenters. The summed E-state index contributed by atoms with van der Waals surface area (Å²) in [6.45, 7) is 2.98. The lowest BCUT2D eigenvalue weighted by molar-refractivity contribution is 0.0824.